The van der Waals surface area contributed by atoms with Gasteiger partial charge in [0.05, 0.1) is 24.6 Å². The number of pyridine rings is 1. The Kier molecular flexibility index (Phi) is 5.61. The van der Waals surface area contributed by atoms with E-state index >= 15 is 0 Å². The number of rotatable bonds is 5. The van der Waals surface area contributed by atoms with Crippen molar-refractivity contribution >= 4 is 46.3 Å². The molecule has 0 saturated heterocycles. The van der Waals surface area contributed by atoms with Crippen LogP contribution in [0.4, 0.5) is 17.2 Å². The summed E-state index contributed by atoms with van der Waals surface area (Å²) in [5.74, 6) is 0.833. The lowest BCUT2D eigenvalue weighted by Crippen LogP contribution is -2.13. The SMILES string of the molecule is COc1ccccc1C(=O)Nc1ccc(Nc2cc(Cl)cc(Cl)c2)nc1. The summed E-state index contributed by atoms with van der Waals surface area (Å²) in [6.45, 7) is 0. The van der Waals surface area contributed by atoms with Gasteiger partial charge in [-0.3, -0.25) is 4.79 Å². The second kappa shape index (κ2) is 8.08. The molecule has 0 saturated carbocycles. The van der Waals surface area contributed by atoms with Crippen molar-refractivity contribution in [2.75, 3.05) is 17.7 Å². The van der Waals surface area contributed by atoms with Crippen molar-refractivity contribution in [1.29, 1.82) is 0 Å². The van der Waals surface area contributed by atoms with Crippen LogP contribution >= 0.6 is 23.2 Å². The number of anilines is 3. The number of methoxy groups -OCH3 is 1. The number of hydrogen-bond acceptors (Lipinski definition) is 4. The maximum Gasteiger partial charge on any atom is 0.259 e. The van der Waals surface area contributed by atoms with Gasteiger partial charge in [-0.15, -0.1) is 0 Å². The number of carbonyl (C=O) groups excluding carboxylic acids is 1. The van der Waals surface area contributed by atoms with Crippen molar-refractivity contribution in [3.8, 4) is 5.75 Å². The zero-order chi connectivity index (χ0) is 18.5. The van der Waals surface area contributed by atoms with Gasteiger partial charge in [0.2, 0.25) is 0 Å². The fourth-order valence-electron chi connectivity index (χ4n) is 2.35. The number of amides is 1. The van der Waals surface area contributed by atoms with E-state index in [0.717, 1.165) is 5.69 Å². The molecule has 1 amide bonds. The van der Waals surface area contributed by atoms with Crippen molar-refractivity contribution in [3.63, 3.8) is 0 Å². The van der Waals surface area contributed by atoms with Crippen LogP contribution in [0.25, 0.3) is 0 Å². The molecule has 2 aromatic carbocycles. The van der Waals surface area contributed by atoms with Crippen molar-refractivity contribution < 1.29 is 9.53 Å². The highest BCUT2D eigenvalue weighted by atomic mass is 35.5. The third-order valence-electron chi connectivity index (χ3n) is 3.51. The van der Waals surface area contributed by atoms with E-state index in [1.165, 1.54) is 7.11 Å². The summed E-state index contributed by atoms with van der Waals surface area (Å²) in [7, 11) is 1.52. The second-order valence-electron chi connectivity index (χ2n) is 5.37. The van der Waals surface area contributed by atoms with E-state index in [9.17, 15) is 4.79 Å². The molecular formula is C19H15Cl2N3O2. The van der Waals surface area contributed by atoms with Gasteiger partial charge in [0.25, 0.3) is 5.91 Å². The lowest BCUT2D eigenvalue weighted by molar-refractivity contribution is 0.102. The normalized spacial score (nSPS) is 10.3. The first kappa shape index (κ1) is 18.0. The van der Waals surface area contributed by atoms with Crippen LogP contribution in [-0.4, -0.2) is 18.0 Å². The Morgan fingerprint density at radius 2 is 1.73 bits per heavy atom. The number of hydrogen-bond donors (Lipinski definition) is 2. The van der Waals surface area contributed by atoms with Gasteiger partial charge >= 0.3 is 0 Å². The number of aromatic nitrogens is 1. The van der Waals surface area contributed by atoms with Crippen molar-refractivity contribution in [1.82, 2.24) is 4.98 Å². The first-order valence-corrected chi connectivity index (χ1v) is 8.44. The number of halogens is 2. The van der Waals surface area contributed by atoms with E-state index in [2.05, 4.69) is 15.6 Å². The molecule has 26 heavy (non-hydrogen) atoms. The molecule has 0 atom stereocenters. The molecule has 3 rings (SSSR count). The summed E-state index contributed by atoms with van der Waals surface area (Å²) in [6.07, 6.45) is 1.56. The molecule has 132 valence electrons. The Morgan fingerprint density at radius 3 is 2.38 bits per heavy atom. The largest absolute Gasteiger partial charge is 0.496 e. The van der Waals surface area contributed by atoms with Gasteiger partial charge in [0, 0.05) is 15.7 Å². The zero-order valence-electron chi connectivity index (χ0n) is 13.8. The molecule has 0 bridgehead atoms. The molecule has 0 spiro atoms. The maximum atomic E-state index is 12.4. The fraction of sp³-hybridized carbons (Fsp3) is 0.0526. The predicted octanol–water partition coefficient (Wildman–Crippen LogP) is 5.39. The summed E-state index contributed by atoms with van der Waals surface area (Å²) in [5.41, 5.74) is 1.74. The number of nitrogens with one attached hydrogen (secondary N) is 2. The van der Waals surface area contributed by atoms with E-state index in [4.69, 9.17) is 27.9 Å². The van der Waals surface area contributed by atoms with Crippen LogP contribution in [0, 0.1) is 0 Å². The van der Waals surface area contributed by atoms with Gasteiger partial charge in [-0.25, -0.2) is 4.98 Å². The third-order valence-corrected chi connectivity index (χ3v) is 3.94. The Balaban J connectivity index is 1.70. The fourth-order valence-corrected chi connectivity index (χ4v) is 2.87. The van der Waals surface area contributed by atoms with Crippen molar-refractivity contribution in [2.24, 2.45) is 0 Å². The predicted molar refractivity (Wildman–Crippen MR) is 105 cm³/mol. The maximum absolute atomic E-state index is 12.4. The highest BCUT2D eigenvalue weighted by molar-refractivity contribution is 6.35. The number of para-hydroxylation sites is 1. The number of benzene rings is 2. The molecular weight excluding hydrogens is 373 g/mol. The van der Waals surface area contributed by atoms with Crippen LogP contribution in [0.3, 0.4) is 0 Å². The Hall–Kier alpha value is -2.76. The first-order valence-electron chi connectivity index (χ1n) is 7.69. The smallest absolute Gasteiger partial charge is 0.259 e. The van der Waals surface area contributed by atoms with E-state index in [1.807, 2.05) is 0 Å². The third kappa shape index (κ3) is 4.45. The molecule has 0 fully saturated rings. The second-order valence-corrected chi connectivity index (χ2v) is 6.24. The molecule has 0 unspecified atom stereocenters. The summed E-state index contributed by atoms with van der Waals surface area (Å²) in [4.78, 5) is 16.7. The highest BCUT2D eigenvalue weighted by Gasteiger charge is 2.11. The van der Waals surface area contributed by atoms with Crippen molar-refractivity contribution in [3.05, 3.63) is 76.4 Å². The number of ether oxygens (including phenoxy) is 1. The molecule has 1 aromatic heterocycles. The highest BCUT2D eigenvalue weighted by Crippen LogP contribution is 2.25. The summed E-state index contributed by atoms with van der Waals surface area (Å²) in [6, 6.07) is 15.6. The minimum atomic E-state index is -0.272. The van der Waals surface area contributed by atoms with E-state index in [1.54, 1.807) is 60.8 Å². The van der Waals surface area contributed by atoms with E-state index in [0.29, 0.717) is 32.9 Å². The number of nitrogens with zero attached hydrogens (tertiary/aromatic N) is 1. The first-order chi connectivity index (χ1) is 12.5. The molecule has 5 nitrogen and oxygen atoms in total. The Labute approximate surface area is 160 Å². The van der Waals surface area contributed by atoms with Gasteiger partial charge < -0.3 is 15.4 Å². The Morgan fingerprint density at radius 1 is 1.00 bits per heavy atom. The summed E-state index contributed by atoms with van der Waals surface area (Å²) in [5, 5.41) is 6.95. The van der Waals surface area contributed by atoms with Gasteiger partial charge in [-0.1, -0.05) is 35.3 Å². The van der Waals surface area contributed by atoms with Gasteiger partial charge in [-0.2, -0.15) is 0 Å². The van der Waals surface area contributed by atoms with Gasteiger partial charge in [0.1, 0.15) is 11.6 Å². The molecule has 3 aromatic rings. The molecule has 0 aliphatic rings. The van der Waals surface area contributed by atoms with Crippen LogP contribution in [0.15, 0.2) is 60.8 Å². The van der Waals surface area contributed by atoms with Crippen molar-refractivity contribution in [2.45, 2.75) is 0 Å². The van der Waals surface area contributed by atoms with Crippen LogP contribution in [0.5, 0.6) is 5.75 Å². The standard InChI is InChI=1S/C19H15Cl2N3O2/c1-26-17-5-3-2-4-16(17)19(25)24-14-6-7-18(22-11-14)23-15-9-12(20)8-13(21)10-15/h2-11H,1H3,(H,22,23)(H,24,25). The average molecular weight is 388 g/mol. The monoisotopic (exact) mass is 387 g/mol. The van der Waals surface area contributed by atoms with E-state index in [-0.39, 0.29) is 5.91 Å². The van der Waals surface area contributed by atoms with Crippen LogP contribution in [-0.2, 0) is 0 Å². The molecule has 7 heteroatoms. The lowest BCUT2D eigenvalue weighted by atomic mass is 10.2. The van der Waals surface area contributed by atoms with E-state index < -0.39 is 0 Å². The molecule has 0 radical (unpaired) electrons. The Bertz CT molecular complexity index is 910. The van der Waals surface area contributed by atoms with Crippen LogP contribution in [0.2, 0.25) is 10.0 Å². The summed E-state index contributed by atoms with van der Waals surface area (Å²) >= 11 is 12.0. The molecule has 0 aliphatic carbocycles. The number of carbonyl (C=O) groups is 1. The summed E-state index contributed by atoms with van der Waals surface area (Å²) < 4.78 is 5.20. The molecule has 0 aliphatic heterocycles. The zero-order valence-corrected chi connectivity index (χ0v) is 15.3. The molecule has 1 heterocycles. The minimum Gasteiger partial charge on any atom is -0.496 e. The minimum absolute atomic E-state index is 0.272. The van der Waals surface area contributed by atoms with Crippen LogP contribution in [0.1, 0.15) is 10.4 Å². The lowest BCUT2D eigenvalue weighted by Gasteiger charge is -2.10. The quantitative estimate of drug-likeness (QED) is 0.615. The van der Waals surface area contributed by atoms with Gasteiger partial charge in [-0.05, 0) is 42.5 Å². The van der Waals surface area contributed by atoms with Crippen LogP contribution < -0.4 is 15.4 Å². The topological polar surface area (TPSA) is 63.2 Å². The van der Waals surface area contributed by atoms with Gasteiger partial charge in [0.15, 0.2) is 0 Å². The average Bonchev–Trinajstić information content (AvgIpc) is 2.62. The molecule has 2 N–H and O–H groups in total.